The molecule has 21 heavy (non-hydrogen) atoms. The van der Waals surface area contributed by atoms with Gasteiger partial charge in [0.15, 0.2) is 11.5 Å². The highest BCUT2D eigenvalue weighted by atomic mass is 32.2. The van der Waals surface area contributed by atoms with Crippen molar-refractivity contribution in [3.8, 4) is 11.5 Å². The largest absolute Gasteiger partial charge is 0.454 e. The molecule has 8 heteroatoms. The zero-order chi connectivity index (χ0) is 15.0. The van der Waals surface area contributed by atoms with Crippen molar-refractivity contribution in [3.05, 3.63) is 34.7 Å². The topological polar surface area (TPSA) is 90.7 Å². The van der Waals surface area contributed by atoms with Crippen molar-refractivity contribution in [1.29, 1.82) is 0 Å². The molecule has 112 valence electrons. The molecule has 3 N–H and O–H groups in total. The highest BCUT2D eigenvalue weighted by Gasteiger charge is 2.20. The number of benzene rings is 1. The molecule has 2 aromatic rings. The van der Waals surface area contributed by atoms with E-state index in [1.807, 2.05) is 6.92 Å². The zero-order valence-electron chi connectivity index (χ0n) is 11.3. The summed E-state index contributed by atoms with van der Waals surface area (Å²) in [5, 5.41) is 0. The molecule has 0 atom stereocenters. The Morgan fingerprint density at radius 1 is 1.29 bits per heavy atom. The second-order valence-corrected chi connectivity index (χ2v) is 7.60. The first kappa shape index (κ1) is 14.2. The lowest BCUT2D eigenvalue weighted by atomic mass is 10.3. The molecule has 0 bridgehead atoms. The van der Waals surface area contributed by atoms with E-state index in [2.05, 4.69) is 4.72 Å². The van der Waals surface area contributed by atoms with Crippen LogP contribution >= 0.6 is 11.3 Å². The van der Waals surface area contributed by atoms with Gasteiger partial charge in [-0.05, 0) is 30.7 Å². The van der Waals surface area contributed by atoms with E-state index in [1.54, 1.807) is 24.3 Å². The van der Waals surface area contributed by atoms with E-state index in [1.165, 1.54) is 11.3 Å². The molecule has 2 heterocycles. The number of ether oxygens (including phenoxy) is 2. The Morgan fingerprint density at radius 3 is 2.76 bits per heavy atom. The smallest absolute Gasteiger partial charge is 0.271 e. The van der Waals surface area contributed by atoms with Crippen molar-refractivity contribution in [2.24, 2.45) is 5.73 Å². The van der Waals surface area contributed by atoms with Crippen LogP contribution in [0.2, 0.25) is 0 Å². The third-order valence-corrected chi connectivity index (χ3v) is 6.19. The fraction of sp³-hybridized carbons (Fsp3) is 0.231. The Bertz CT molecular complexity index is 783. The van der Waals surface area contributed by atoms with Crippen molar-refractivity contribution in [1.82, 2.24) is 0 Å². The molecule has 0 saturated heterocycles. The number of sulfonamides is 1. The number of hydrogen-bond donors (Lipinski definition) is 2. The van der Waals surface area contributed by atoms with Gasteiger partial charge in [0.2, 0.25) is 6.79 Å². The number of fused-ring (bicyclic) bond motifs is 1. The Labute approximate surface area is 126 Å². The maximum Gasteiger partial charge on any atom is 0.271 e. The number of rotatable bonds is 4. The summed E-state index contributed by atoms with van der Waals surface area (Å²) in [7, 11) is -3.63. The molecule has 1 aliphatic rings. The van der Waals surface area contributed by atoms with Gasteiger partial charge in [-0.3, -0.25) is 4.72 Å². The van der Waals surface area contributed by atoms with Crippen LogP contribution in [0.3, 0.4) is 0 Å². The van der Waals surface area contributed by atoms with Crippen LogP contribution in [-0.2, 0) is 16.6 Å². The van der Waals surface area contributed by atoms with Gasteiger partial charge in [-0.1, -0.05) is 0 Å². The number of nitrogens with one attached hydrogen (secondary N) is 1. The van der Waals surface area contributed by atoms with Crippen molar-refractivity contribution >= 4 is 27.0 Å². The molecule has 0 radical (unpaired) electrons. The van der Waals surface area contributed by atoms with E-state index in [-0.39, 0.29) is 11.0 Å². The second kappa shape index (κ2) is 5.21. The minimum absolute atomic E-state index is 0.148. The van der Waals surface area contributed by atoms with E-state index in [4.69, 9.17) is 15.2 Å². The molecule has 1 aromatic heterocycles. The van der Waals surface area contributed by atoms with Gasteiger partial charge < -0.3 is 15.2 Å². The summed E-state index contributed by atoms with van der Waals surface area (Å²) < 4.78 is 37.9. The van der Waals surface area contributed by atoms with Gasteiger partial charge in [-0.2, -0.15) is 0 Å². The summed E-state index contributed by atoms with van der Waals surface area (Å²) in [6.07, 6.45) is 0. The van der Waals surface area contributed by atoms with E-state index >= 15 is 0 Å². The van der Waals surface area contributed by atoms with E-state index in [0.29, 0.717) is 23.7 Å². The summed E-state index contributed by atoms with van der Waals surface area (Å²) in [6, 6.07) is 6.53. The van der Waals surface area contributed by atoms with Crippen LogP contribution in [0.4, 0.5) is 5.69 Å². The van der Waals surface area contributed by atoms with Crippen LogP contribution in [0.5, 0.6) is 11.5 Å². The van der Waals surface area contributed by atoms with Crippen molar-refractivity contribution in [2.45, 2.75) is 17.7 Å². The normalized spacial score (nSPS) is 13.4. The van der Waals surface area contributed by atoms with Crippen LogP contribution < -0.4 is 19.9 Å². The lowest BCUT2D eigenvalue weighted by Crippen LogP contribution is -2.11. The molecule has 1 aliphatic heterocycles. The lowest BCUT2D eigenvalue weighted by molar-refractivity contribution is 0.174. The highest BCUT2D eigenvalue weighted by molar-refractivity contribution is 7.94. The number of hydrogen-bond acceptors (Lipinski definition) is 6. The monoisotopic (exact) mass is 326 g/mol. The summed E-state index contributed by atoms with van der Waals surface area (Å²) in [4.78, 5) is 0.862. The third kappa shape index (κ3) is 2.69. The fourth-order valence-electron chi connectivity index (χ4n) is 1.99. The maximum atomic E-state index is 12.4. The molecule has 6 nitrogen and oxygen atoms in total. The minimum Gasteiger partial charge on any atom is -0.454 e. The Hall–Kier alpha value is -1.77. The third-order valence-electron chi connectivity index (χ3n) is 3.07. The molecule has 0 aliphatic carbocycles. The lowest BCUT2D eigenvalue weighted by Gasteiger charge is -2.06. The number of thiophene rings is 1. The SMILES string of the molecule is Cc1cc(S(=O)(=O)Nc2ccc3c(c2)OCO3)sc1CN. The van der Waals surface area contributed by atoms with Crippen LogP contribution in [0, 0.1) is 6.92 Å². The molecule has 0 amide bonds. The van der Waals surface area contributed by atoms with Crippen molar-refractivity contribution in [3.63, 3.8) is 0 Å². The quantitative estimate of drug-likeness (QED) is 0.897. The summed E-state index contributed by atoms with van der Waals surface area (Å²) in [5.41, 5.74) is 6.90. The Kier molecular flexibility index (Phi) is 3.52. The van der Waals surface area contributed by atoms with Crippen LogP contribution in [-0.4, -0.2) is 15.2 Å². The van der Waals surface area contributed by atoms with Crippen LogP contribution in [0.25, 0.3) is 0 Å². The minimum atomic E-state index is -3.63. The van der Waals surface area contributed by atoms with E-state index in [0.717, 1.165) is 10.4 Å². The summed E-state index contributed by atoms with van der Waals surface area (Å²) >= 11 is 1.18. The van der Waals surface area contributed by atoms with Gasteiger partial charge in [0.1, 0.15) is 4.21 Å². The van der Waals surface area contributed by atoms with Gasteiger partial charge in [-0.15, -0.1) is 11.3 Å². The number of aryl methyl sites for hydroxylation is 1. The second-order valence-electron chi connectivity index (χ2n) is 4.55. The van der Waals surface area contributed by atoms with Crippen molar-refractivity contribution in [2.75, 3.05) is 11.5 Å². The molecule has 0 spiro atoms. The fourth-order valence-corrected chi connectivity index (χ4v) is 4.51. The Morgan fingerprint density at radius 2 is 2.05 bits per heavy atom. The summed E-state index contributed by atoms with van der Waals surface area (Å²) in [6.45, 7) is 2.32. The number of anilines is 1. The maximum absolute atomic E-state index is 12.4. The van der Waals surface area contributed by atoms with Gasteiger partial charge in [0.25, 0.3) is 10.0 Å². The summed E-state index contributed by atoms with van der Waals surface area (Å²) in [5.74, 6) is 1.13. The van der Waals surface area contributed by atoms with Crippen LogP contribution in [0.15, 0.2) is 28.5 Å². The van der Waals surface area contributed by atoms with Gasteiger partial charge in [0.05, 0.1) is 5.69 Å². The molecular weight excluding hydrogens is 312 g/mol. The van der Waals surface area contributed by atoms with Crippen LogP contribution in [0.1, 0.15) is 10.4 Å². The first-order chi connectivity index (χ1) is 9.99. The molecule has 0 saturated carbocycles. The molecule has 0 unspecified atom stereocenters. The molecule has 0 fully saturated rings. The van der Waals surface area contributed by atoms with E-state index in [9.17, 15) is 8.42 Å². The van der Waals surface area contributed by atoms with Gasteiger partial charge in [0, 0.05) is 17.5 Å². The average Bonchev–Trinajstić information content (AvgIpc) is 3.04. The van der Waals surface area contributed by atoms with E-state index < -0.39 is 10.0 Å². The predicted octanol–water partition coefficient (Wildman–Crippen LogP) is 2.04. The first-order valence-corrected chi connectivity index (χ1v) is 8.51. The predicted molar refractivity (Wildman–Crippen MR) is 80.3 cm³/mol. The zero-order valence-corrected chi connectivity index (χ0v) is 12.9. The molecular formula is C13H14N2O4S2. The van der Waals surface area contributed by atoms with Gasteiger partial charge >= 0.3 is 0 Å². The molecule has 1 aromatic carbocycles. The highest BCUT2D eigenvalue weighted by Crippen LogP contribution is 2.35. The van der Waals surface area contributed by atoms with Crippen molar-refractivity contribution < 1.29 is 17.9 Å². The number of nitrogens with two attached hydrogens (primary N) is 1. The molecule has 3 rings (SSSR count). The average molecular weight is 326 g/mol. The first-order valence-electron chi connectivity index (χ1n) is 6.21. The standard InChI is InChI=1S/C13H14N2O4S2/c1-8-4-13(20-12(8)6-14)21(16,17)15-9-2-3-10-11(5-9)19-7-18-10/h2-5,15H,6-7,14H2,1H3. The van der Waals surface area contributed by atoms with Gasteiger partial charge in [-0.25, -0.2) is 8.42 Å². The Balaban J connectivity index is 1.88.